The summed E-state index contributed by atoms with van der Waals surface area (Å²) < 4.78 is 10.5. The predicted octanol–water partition coefficient (Wildman–Crippen LogP) is 2.68. The van der Waals surface area contributed by atoms with Gasteiger partial charge in [-0.15, -0.1) is 0 Å². The van der Waals surface area contributed by atoms with Gasteiger partial charge in [0.2, 0.25) is 0 Å². The zero-order valence-electron chi connectivity index (χ0n) is 13.5. The summed E-state index contributed by atoms with van der Waals surface area (Å²) in [6.07, 6.45) is 7.57. The highest BCUT2D eigenvalue weighted by atomic mass is 31.2. The molecule has 0 rings (SSSR count). The summed E-state index contributed by atoms with van der Waals surface area (Å²) in [6.45, 7) is 8.09. The Kier molecular flexibility index (Phi) is 9.80. The Labute approximate surface area is 128 Å². The molecule has 0 bridgehead atoms. The molecule has 0 amide bonds. The number of aliphatic hydroxyl groups excluding tert-OH is 1. The fraction of sp³-hybridized carbons (Fsp3) is 0.625. The molecule has 0 aromatic heterocycles. The second-order valence-electron chi connectivity index (χ2n) is 5.78. The van der Waals surface area contributed by atoms with Gasteiger partial charge in [0.15, 0.2) is 0 Å². The van der Waals surface area contributed by atoms with Crippen molar-refractivity contribution < 1.29 is 19.5 Å². The quantitative estimate of drug-likeness (QED) is 0.524. The van der Waals surface area contributed by atoms with Crippen LogP contribution in [0.1, 0.15) is 53.4 Å². The number of hydrogen-bond donors (Lipinski definition) is 1. The normalized spacial score (nSPS) is 15.0. The van der Waals surface area contributed by atoms with Crippen LogP contribution in [0.2, 0.25) is 0 Å². The molecule has 122 valence electrons. The van der Waals surface area contributed by atoms with Gasteiger partial charge in [0.1, 0.15) is 0 Å². The maximum absolute atomic E-state index is 10.5. The monoisotopic (exact) mass is 314 g/mol. The van der Waals surface area contributed by atoms with Crippen LogP contribution in [0.15, 0.2) is 34.9 Å². The largest absolute Gasteiger partial charge is 0.811 e. The SMILES string of the molecule is CC(C)=CCC/C(C)=C/CC/C(C)=C/C(O)CP(=O)([O-])[O-]. The average Bonchev–Trinajstić information content (AvgIpc) is 2.25. The lowest BCUT2D eigenvalue weighted by atomic mass is 10.1. The van der Waals surface area contributed by atoms with Gasteiger partial charge < -0.3 is 19.5 Å². The van der Waals surface area contributed by atoms with Gasteiger partial charge in [-0.2, -0.15) is 0 Å². The Hall–Kier alpha value is -0.670. The summed E-state index contributed by atoms with van der Waals surface area (Å²) >= 11 is 0. The molecule has 1 atom stereocenters. The molecule has 0 aliphatic rings. The topological polar surface area (TPSA) is 83.4 Å². The predicted molar refractivity (Wildman–Crippen MR) is 83.9 cm³/mol. The molecule has 0 spiro atoms. The Bertz CT molecular complexity index is 439. The Balaban J connectivity index is 4.15. The Morgan fingerprint density at radius 2 is 1.57 bits per heavy atom. The van der Waals surface area contributed by atoms with E-state index < -0.39 is 19.9 Å². The van der Waals surface area contributed by atoms with Gasteiger partial charge >= 0.3 is 0 Å². The third-order valence-electron chi connectivity index (χ3n) is 3.01. The summed E-state index contributed by atoms with van der Waals surface area (Å²) in [6, 6.07) is 0. The zero-order chi connectivity index (χ0) is 16.5. The molecular formula is C16H27O4P-2. The number of allylic oxidation sites excluding steroid dienone is 5. The lowest BCUT2D eigenvalue weighted by molar-refractivity contribution is -0.314. The third-order valence-corrected chi connectivity index (χ3v) is 3.83. The molecule has 1 unspecified atom stereocenters. The van der Waals surface area contributed by atoms with Crippen LogP contribution in [0.3, 0.4) is 0 Å². The van der Waals surface area contributed by atoms with Gasteiger partial charge in [0.25, 0.3) is 0 Å². The van der Waals surface area contributed by atoms with E-state index >= 15 is 0 Å². The molecule has 0 aliphatic carbocycles. The second-order valence-corrected chi connectivity index (χ2v) is 7.37. The second kappa shape index (κ2) is 10.1. The first kappa shape index (κ1) is 20.3. The zero-order valence-corrected chi connectivity index (χ0v) is 14.4. The third kappa shape index (κ3) is 14.0. The summed E-state index contributed by atoms with van der Waals surface area (Å²) in [5, 5.41) is 9.46. The average molecular weight is 314 g/mol. The van der Waals surface area contributed by atoms with Crippen LogP contribution < -0.4 is 9.79 Å². The van der Waals surface area contributed by atoms with Crippen LogP contribution in [0.5, 0.6) is 0 Å². The van der Waals surface area contributed by atoms with E-state index in [1.807, 2.05) is 6.92 Å². The molecule has 4 nitrogen and oxygen atoms in total. The molecule has 0 aromatic carbocycles. The van der Waals surface area contributed by atoms with Crippen LogP contribution in [0.4, 0.5) is 0 Å². The highest BCUT2D eigenvalue weighted by molar-refractivity contribution is 7.48. The Morgan fingerprint density at radius 3 is 2.10 bits per heavy atom. The first-order valence-electron chi connectivity index (χ1n) is 7.25. The lowest BCUT2D eigenvalue weighted by Crippen LogP contribution is -2.23. The van der Waals surface area contributed by atoms with E-state index in [0.717, 1.165) is 31.3 Å². The van der Waals surface area contributed by atoms with Crippen LogP contribution >= 0.6 is 7.60 Å². The van der Waals surface area contributed by atoms with E-state index in [1.54, 1.807) is 0 Å². The van der Waals surface area contributed by atoms with E-state index in [4.69, 9.17) is 0 Å². The molecule has 0 saturated heterocycles. The van der Waals surface area contributed by atoms with Crippen molar-refractivity contribution in [3.05, 3.63) is 34.9 Å². The van der Waals surface area contributed by atoms with Crippen molar-refractivity contribution in [1.82, 2.24) is 0 Å². The number of aliphatic hydroxyl groups is 1. The maximum atomic E-state index is 10.5. The van der Waals surface area contributed by atoms with Crippen molar-refractivity contribution in [3.8, 4) is 0 Å². The minimum atomic E-state index is -4.65. The first-order valence-corrected chi connectivity index (χ1v) is 8.98. The smallest absolute Gasteiger partial charge is 0.0769 e. The van der Waals surface area contributed by atoms with E-state index in [0.29, 0.717) is 0 Å². The number of rotatable bonds is 9. The van der Waals surface area contributed by atoms with Crippen molar-refractivity contribution in [3.63, 3.8) is 0 Å². The molecule has 0 heterocycles. The fourth-order valence-corrected chi connectivity index (χ4v) is 2.49. The summed E-state index contributed by atoms with van der Waals surface area (Å²) in [4.78, 5) is 21.1. The van der Waals surface area contributed by atoms with E-state index in [9.17, 15) is 19.5 Å². The fourth-order valence-electron chi connectivity index (χ4n) is 1.93. The highest BCUT2D eigenvalue weighted by Crippen LogP contribution is 2.24. The van der Waals surface area contributed by atoms with Crippen molar-refractivity contribution in [2.24, 2.45) is 0 Å². The summed E-state index contributed by atoms with van der Waals surface area (Å²) in [7, 11) is -4.65. The standard InChI is InChI=1S/C16H29O4P/c1-13(2)7-5-8-14(3)9-6-10-15(4)11-16(17)12-21(18,19)20/h7,9,11,16-17H,5-6,8,10,12H2,1-4H3,(H2,18,19,20)/p-2/b14-9+,15-11+. The van der Waals surface area contributed by atoms with Crippen molar-refractivity contribution in [1.29, 1.82) is 0 Å². The van der Waals surface area contributed by atoms with Gasteiger partial charge in [-0.25, -0.2) is 0 Å². The van der Waals surface area contributed by atoms with Gasteiger partial charge in [0, 0.05) is 6.16 Å². The van der Waals surface area contributed by atoms with Crippen molar-refractivity contribution in [2.75, 3.05) is 6.16 Å². The Morgan fingerprint density at radius 1 is 1.05 bits per heavy atom. The molecule has 5 heteroatoms. The molecule has 0 aliphatic heterocycles. The minimum absolute atomic E-state index is 0.734. The van der Waals surface area contributed by atoms with Crippen LogP contribution in [-0.2, 0) is 4.57 Å². The van der Waals surface area contributed by atoms with Crippen molar-refractivity contribution in [2.45, 2.75) is 59.5 Å². The molecule has 21 heavy (non-hydrogen) atoms. The molecule has 0 fully saturated rings. The number of hydrogen-bond acceptors (Lipinski definition) is 4. The molecule has 0 aromatic rings. The minimum Gasteiger partial charge on any atom is -0.811 e. The van der Waals surface area contributed by atoms with Crippen LogP contribution in [0, 0.1) is 0 Å². The summed E-state index contributed by atoms with van der Waals surface area (Å²) in [5.74, 6) is 0. The lowest BCUT2D eigenvalue weighted by Gasteiger charge is -2.30. The van der Waals surface area contributed by atoms with Crippen LogP contribution in [0.25, 0.3) is 0 Å². The van der Waals surface area contributed by atoms with Crippen LogP contribution in [-0.4, -0.2) is 17.4 Å². The van der Waals surface area contributed by atoms with E-state index in [-0.39, 0.29) is 0 Å². The van der Waals surface area contributed by atoms with Gasteiger partial charge in [-0.05, 0) is 53.4 Å². The van der Waals surface area contributed by atoms with E-state index in [2.05, 4.69) is 32.9 Å². The van der Waals surface area contributed by atoms with Crippen molar-refractivity contribution >= 4 is 7.60 Å². The van der Waals surface area contributed by atoms with E-state index in [1.165, 1.54) is 17.2 Å². The van der Waals surface area contributed by atoms with Gasteiger partial charge in [-0.3, -0.25) is 0 Å². The van der Waals surface area contributed by atoms with Gasteiger partial charge in [0.05, 0.1) is 6.10 Å². The molecule has 0 radical (unpaired) electrons. The maximum Gasteiger partial charge on any atom is 0.0769 e. The first-order chi connectivity index (χ1) is 9.60. The molecule has 1 N–H and O–H groups in total. The molecule has 0 saturated carbocycles. The van der Waals surface area contributed by atoms with Gasteiger partial charge in [-0.1, -0.05) is 42.5 Å². The summed E-state index contributed by atoms with van der Waals surface area (Å²) in [5.41, 5.74) is 3.54. The highest BCUT2D eigenvalue weighted by Gasteiger charge is 2.03. The molecular weight excluding hydrogens is 287 g/mol.